The molecule has 1 unspecified atom stereocenters. The zero-order chi connectivity index (χ0) is 13.8. The molecule has 0 amide bonds. The summed E-state index contributed by atoms with van der Waals surface area (Å²) in [6.45, 7) is 4.95. The molecule has 2 aromatic rings. The molecule has 102 valence electrons. The molecule has 0 radical (unpaired) electrons. The van der Waals surface area contributed by atoms with Crippen molar-refractivity contribution in [3.8, 4) is 5.75 Å². The number of rotatable bonds is 5. The van der Waals surface area contributed by atoms with Gasteiger partial charge in [0.05, 0.1) is 25.0 Å². The quantitative estimate of drug-likeness (QED) is 0.897. The number of hydrogen-bond donors (Lipinski definition) is 1. The molecule has 0 saturated heterocycles. The fraction of sp³-hybridized carbons (Fsp3) is 0.400. The maximum atomic E-state index is 6.35. The fourth-order valence-corrected chi connectivity index (χ4v) is 2.33. The minimum absolute atomic E-state index is 0.113. The minimum Gasteiger partial charge on any atom is -0.493 e. The van der Waals surface area contributed by atoms with E-state index in [1.165, 1.54) is 11.1 Å². The Balaban J connectivity index is 2.27. The Kier molecular flexibility index (Phi) is 4.22. The molecule has 0 bridgehead atoms. The van der Waals surface area contributed by atoms with E-state index < -0.39 is 0 Å². The standard InChI is InChI=1S/C15H21N3O/c1-4-18-15(14(19-3)10-17-18)13(16)9-12-8-6-5-7-11(12)2/h5-8,10,13H,4,9,16H2,1-3H3. The average Bonchev–Trinajstić information content (AvgIpc) is 2.84. The van der Waals surface area contributed by atoms with E-state index in [1.807, 2.05) is 16.8 Å². The minimum atomic E-state index is -0.113. The molecule has 0 aliphatic rings. The second-order valence-corrected chi connectivity index (χ2v) is 4.65. The summed E-state index contributed by atoms with van der Waals surface area (Å²) in [5.41, 5.74) is 9.85. The molecule has 0 aliphatic carbocycles. The Morgan fingerprint density at radius 2 is 2.11 bits per heavy atom. The molecule has 0 aliphatic heterocycles. The number of methoxy groups -OCH3 is 1. The van der Waals surface area contributed by atoms with Gasteiger partial charge in [0.15, 0.2) is 5.75 Å². The average molecular weight is 259 g/mol. The van der Waals surface area contributed by atoms with Gasteiger partial charge in [-0.15, -0.1) is 0 Å². The van der Waals surface area contributed by atoms with Crippen molar-refractivity contribution >= 4 is 0 Å². The van der Waals surface area contributed by atoms with Crippen molar-refractivity contribution in [2.75, 3.05) is 7.11 Å². The lowest BCUT2D eigenvalue weighted by Gasteiger charge is -2.16. The van der Waals surface area contributed by atoms with E-state index in [1.54, 1.807) is 13.3 Å². The first kappa shape index (κ1) is 13.6. The van der Waals surface area contributed by atoms with Crippen LogP contribution in [0.4, 0.5) is 0 Å². The van der Waals surface area contributed by atoms with Gasteiger partial charge in [0, 0.05) is 6.54 Å². The van der Waals surface area contributed by atoms with E-state index in [2.05, 4.69) is 31.1 Å². The first-order valence-electron chi connectivity index (χ1n) is 6.57. The maximum Gasteiger partial charge on any atom is 0.161 e. The number of hydrogen-bond acceptors (Lipinski definition) is 3. The van der Waals surface area contributed by atoms with Crippen LogP contribution in [0.25, 0.3) is 0 Å². The molecule has 2 N–H and O–H groups in total. The van der Waals surface area contributed by atoms with Crippen molar-refractivity contribution in [3.05, 3.63) is 47.3 Å². The second kappa shape index (κ2) is 5.89. The molecular weight excluding hydrogens is 238 g/mol. The van der Waals surface area contributed by atoms with Crippen molar-refractivity contribution in [3.63, 3.8) is 0 Å². The Morgan fingerprint density at radius 3 is 2.74 bits per heavy atom. The summed E-state index contributed by atoms with van der Waals surface area (Å²) < 4.78 is 7.26. The lowest BCUT2D eigenvalue weighted by molar-refractivity contribution is 0.401. The third kappa shape index (κ3) is 2.79. The van der Waals surface area contributed by atoms with Gasteiger partial charge in [-0.2, -0.15) is 5.10 Å². The summed E-state index contributed by atoms with van der Waals surface area (Å²) in [5.74, 6) is 0.767. The predicted octanol–water partition coefficient (Wildman–Crippen LogP) is 2.46. The lowest BCUT2D eigenvalue weighted by Crippen LogP contribution is -2.19. The summed E-state index contributed by atoms with van der Waals surface area (Å²) in [4.78, 5) is 0. The van der Waals surface area contributed by atoms with Crippen molar-refractivity contribution in [1.29, 1.82) is 0 Å². The van der Waals surface area contributed by atoms with Crippen LogP contribution < -0.4 is 10.5 Å². The number of ether oxygens (including phenoxy) is 1. The monoisotopic (exact) mass is 259 g/mol. The van der Waals surface area contributed by atoms with Crippen LogP contribution >= 0.6 is 0 Å². The molecule has 1 heterocycles. The van der Waals surface area contributed by atoms with Crippen LogP contribution in [0.1, 0.15) is 29.8 Å². The van der Waals surface area contributed by atoms with E-state index in [4.69, 9.17) is 10.5 Å². The van der Waals surface area contributed by atoms with E-state index in [0.717, 1.165) is 24.4 Å². The second-order valence-electron chi connectivity index (χ2n) is 4.65. The van der Waals surface area contributed by atoms with Gasteiger partial charge in [-0.1, -0.05) is 24.3 Å². The number of aromatic nitrogens is 2. The fourth-order valence-electron chi connectivity index (χ4n) is 2.33. The van der Waals surface area contributed by atoms with E-state index in [9.17, 15) is 0 Å². The highest BCUT2D eigenvalue weighted by atomic mass is 16.5. The van der Waals surface area contributed by atoms with Crippen molar-refractivity contribution in [2.24, 2.45) is 5.73 Å². The van der Waals surface area contributed by atoms with Gasteiger partial charge in [0.1, 0.15) is 0 Å². The first-order chi connectivity index (χ1) is 9.17. The number of aryl methyl sites for hydroxylation is 2. The molecule has 2 rings (SSSR count). The number of nitrogens with two attached hydrogens (primary N) is 1. The van der Waals surface area contributed by atoms with Gasteiger partial charge >= 0.3 is 0 Å². The normalized spacial score (nSPS) is 12.4. The van der Waals surface area contributed by atoms with Crippen LogP contribution in [0.5, 0.6) is 5.75 Å². The van der Waals surface area contributed by atoms with Gasteiger partial charge in [-0.05, 0) is 31.4 Å². The first-order valence-corrected chi connectivity index (χ1v) is 6.57. The smallest absolute Gasteiger partial charge is 0.161 e. The van der Waals surface area contributed by atoms with Crippen LogP contribution in [-0.2, 0) is 13.0 Å². The van der Waals surface area contributed by atoms with Crippen molar-refractivity contribution in [2.45, 2.75) is 32.9 Å². The summed E-state index contributed by atoms with van der Waals surface area (Å²) >= 11 is 0. The Bertz CT molecular complexity index is 527. The molecule has 4 nitrogen and oxygen atoms in total. The molecule has 0 fully saturated rings. The van der Waals surface area contributed by atoms with Crippen LogP contribution in [-0.4, -0.2) is 16.9 Å². The number of nitrogens with zero attached hydrogens (tertiary/aromatic N) is 2. The summed E-state index contributed by atoms with van der Waals surface area (Å²) in [6, 6.07) is 8.20. The van der Waals surface area contributed by atoms with Crippen LogP contribution in [0.2, 0.25) is 0 Å². The summed E-state index contributed by atoms with van der Waals surface area (Å²) in [6.07, 6.45) is 2.52. The summed E-state index contributed by atoms with van der Waals surface area (Å²) in [5, 5.41) is 4.30. The molecule has 1 aromatic heterocycles. The highest BCUT2D eigenvalue weighted by Gasteiger charge is 2.18. The molecule has 4 heteroatoms. The van der Waals surface area contributed by atoms with E-state index in [-0.39, 0.29) is 6.04 Å². The number of benzene rings is 1. The van der Waals surface area contributed by atoms with Gasteiger partial charge < -0.3 is 10.5 Å². The van der Waals surface area contributed by atoms with Gasteiger partial charge in [-0.25, -0.2) is 0 Å². The Hall–Kier alpha value is -1.81. The zero-order valence-corrected chi connectivity index (χ0v) is 11.8. The molecule has 1 atom stereocenters. The van der Waals surface area contributed by atoms with Crippen LogP contribution in [0.15, 0.2) is 30.5 Å². The van der Waals surface area contributed by atoms with Gasteiger partial charge in [-0.3, -0.25) is 4.68 Å². The Labute approximate surface area is 114 Å². The van der Waals surface area contributed by atoms with E-state index in [0.29, 0.717) is 0 Å². The topological polar surface area (TPSA) is 53.1 Å². The van der Waals surface area contributed by atoms with Gasteiger partial charge in [0.25, 0.3) is 0 Å². The highest BCUT2D eigenvalue weighted by Crippen LogP contribution is 2.26. The molecule has 1 aromatic carbocycles. The highest BCUT2D eigenvalue weighted by molar-refractivity contribution is 5.32. The molecule has 0 saturated carbocycles. The van der Waals surface area contributed by atoms with Crippen molar-refractivity contribution < 1.29 is 4.74 Å². The SMILES string of the molecule is CCn1ncc(OC)c1C(N)Cc1ccccc1C. The third-order valence-corrected chi connectivity index (χ3v) is 3.42. The third-order valence-electron chi connectivity index (χ3n) is 3.42. The van der Waals surface area contributed by atoms with Crippen molar-refractivity contribution in [1.82, 2.24) is 9.78 Å². The van der Waals surface area contributed by atoms with Crippen LogP contribution in [0, 0.1) is 6.92 Å². The predicted molar refractivity (Wildman–Crippen MR) is 76.3 cm³/mol. The molecule has 0 spiro atoms. The zero-order valence-electron chi connectivity index (χ0n) is 11.8. The molecular formula is C15H21N3O. The van der Waals surface area contributed by atoms with Gasteiger partial charge in [0.2, 0.25) is 0 Å². The summed E-state index contributed by atoms with van der Waals surface area (Å²) in [7, 11) is 1.65. The maximum absolute atomic E-state index is 6.35. The van der Waals surface area contributed by atoms with E-state index >= 15 is 0 Å². The van der Waals surface area contributed by atoms with Crippen LogP contribution in [0.3, 0.4) is 0 Å². The lowest BCUT2D eigenvalue weighted by atomic mass is 9.99. The Morgan fingerprint density at radius 1 is 1.37 bits per heavy atom. The molecule has 19 heavy (non-hydrogen) atoms. The largest absolute Gasteiger partial charge is 0.493 e.